The van der Waals surface area contributed by atoms with Crippen molar-refractivity contribution in [3.05, 3.63) is 53.0 Å². The molecule has 0 amide bonds. The highest BCUT2D eigenvalue weighted by atomic mass is 79.9. The van der Waals surface area contributed by atoms with Crippen LogP contribution in [-0.2, 0) is 0 Å². The van der Waals surface area contributed by atoms with Crippen LogP contribution in [0.15, 0.2) is 53.0 Å². The predicted molar refractivity (Wildman–Crippen MR) is 80.5 cm³/mol. The molecule has 1 heterocycles. The fourth-order valence-corrected chi connectivity index (χ4v) is 2.45. The number of halogens is 1. The number of hydrogen-bond acceptors (Lipinski definition) is 1. The number of aromatic hydroxyl groups is 1. The summed E-state index contributed by atoms with van der Waals surface area (Å²) >= 11 is 3.47. The Hall–Kier alpha value is -1.68. The summed E-state index contributed by atoms with van der Waals surface area (Å²) in [6, 6.07) is 15.7. The highest BCUT2D eigenvalue weighted by Crippen LogP contribution is 2.17. The number of hydrogen-bond donors (Lipinski definition) is 2. The highest BCUT2D eigenvalue weighted by molar-refractivity contribution is 9.10. The zero-order valence-corrected chi connectivity index (χ0v) is 11.2. The molecule has 18 heavy (non-hydrogen) atoms. The largest absolute Gasteiger partial charge is 0.508 e. The fourth-order valence-electron chi connectivity index (χ4n) is 2.09. The second-order valence-electron chi connectivity index (χ2n) is 4.37. The van der Waals surface area contributed by atoms with Crippen molar-refractivity contribution in [3.8, 4) is 5.75 Å². The van der Waals surface area contributed by atoms with Crippen LogP contribution in [0.5, 0.6) is 5.75 Å². The quantitative estimate of drug-likeness (QED) is 0.698. The van der Waals surface area contributed by atoms with Gasteiger partial charge in [-0.25, -0.2) is 0 Å². The molecule has 0 spiro atoms. The van der Waals surface area contributed by atoms with Crippen LogP contribution < -0.4 is 11.1 Å². The molecule has 0 fully saturated rings. The minimum atomic E-state index is 0.305. The van der Waals surface area contributed by atoms with E-state index in [1.54, 1.807) is 12.1 Å². The number of aromatic nitrogens is 1. The number of fused-ring (bicyclic) bond motifs is 1. The summed E-state index contributed by atoms with van der Waals surface area (Å²) in [5, 5.41) is 10.5. The van der Waals surface area contributed by atoms with Gasteiger partial charge in [0, 0.05) is 9.99 Å². The molecule has 0 aliphatic heterocycles. The Morgan fingerprint density at radius 2 is 1.78 bits per heavy atom. The van der Waals surface area contributed by atoms with Gasteiger partial charge >= 0.3 is 0 Å². The minimum absolute atomic E-state index is 0.305. The lowest BCUT2D eigenvalue weighted by molar-refractivity contribution is 0.475. The van der Waals surface area contributed by atoms with Crippen LogP contribution in [0.25, 0.3) is 10.9 Å². The highest BCUT2D eigenvalue weighted by Gasteiger charge is 2.04. The van der Waals surface area contributed by atoms with Crippen molar-refractivity contribution in [2.24, 2.45) is 0 Å². The zero-order chi connectivity index (χ0) is 12.5. The van der Waals surface area contributed by atoms with Gasteiger partial charge < -0.3 is 10.1 Å². The molecular weight excluding hydrogens is 289 g/mol. The number of aromatic amines is 1. The molecule has 0 saturated heterocycles. The van der Waals surface area contributed by atoms with E-state index in [9.17, 15) is 5.11 Å². The third kappa shape index (κ3) is 2.29. The normalized spacial score (nSPS) is 10.7. The van der Waals surface area contributed by atoms with Gasteiger partial charge in [0.05, 0.1) is 0 Å². The summed E-state index contributed by atoms with van der Waals surface area (Å²) in [6.45, 7) is 0. The lowest BCUT2D eigenvalue weighted by atomic mass is 9.67. The van der Waals surface area contributed by atoms with Crippen molar-refractivity contribution in [1.82, 2.24) is 4.98 Å². The van der Waals surface area contributed by atoms with E-state index in [4.69, 9.17) is 0 Å². The summed E-state index contributed by atoms with van der Waals surface area (Å²) < 4.78 is 1.08. The van der Waals surface area contributed by atoms with E-state index in [1.807, 2.05) is 18.2 Å². The Morgan fingerprint density at radius 1 is 1.00 bits per heavy atom. The van der Waals surface area contributed by atoms with E-state index in [1.165, 1.54) is 16.4 Å². The number of phenols is 1. The third-order valence-corrected chi connectivity index (χ3v) is 3.46. The molecule has 0 aliphatic rings. The Labute approximate surface area is 114 Å². The second-order valence-corrected chi connectivity index (χ2v) is 5.29. The number of benzene rings is 2. The van der Waals surface area contributed by atoms with Crippen molar-refractivity contribution in [1.29, 1.82) is 0 Å². The lowest BCUT2D eigenvalue weighted by Gasteiger charge is -1.97. The monoisotopic (exact) mass is 299 g/mol. The topological polar surface area (TPSA) is 36.0 Å². The first kappa shape index (κ1) is 11.4. The van der Waals surface area contributed by atoms with Gasteiger partial charge in [0.1, 0.15) is 5.75 Å². The van der Waals surface area contributed by atoms with Crippen molar-refractivity contribution < 1.29 is 5.11 Å². The average Bonchev–Trinajstić information content (AvgIpc) is 2.73. The van der Waals surface area contributed by atoms with Gasteiger partial charge in [0.25, 0.3) is 0 Å². The van der Waals surface area contributed by atoms with E-state index in [2.05, 4.69) is 39.1 Å². The first-order chi connectivity index (χ1) is 8.70. The second kappa shape index (κ2) is 4.54. The van der Waals surface area contributed by atoms with Crippen molar-refractivity contribution in [2.75, 3.05) is 0 Å². The first-order valence-electron chi connectivity index (χ1n) is 5.76. The molecule has 0 atom stereocenters. The number of H-pyrrole nitrogens is 1. The van der Waals surface area contributed by atoms with Crippen molar-refractivity contribution in [3.63, 3.8) is 0 Å². The van der Waals surface area contributed by atoms with Crippen LogP contribution in [0, 0.1) is 0 Å². The summed E-state index contributed by atoms with van der Waals surface area (Å²) in [4.78, 5) is 3.41. The molecule has 3 aromatic rings. The molecule has 4 heteroatoms. The van der Waals surface area contributed by atoms with E-state index >= 15 is 0 Å². The van der Waals surface area contributed by atoms with Crippen LogP contribution in [-0.4, -0.2) is 17.4 Å². The van der Waals surface area contributed by atoms with E-state index in [-0.39, 0.29) is 0 Å². The molecule has 88 valence electrons. The fraction of sp³-hybridized carbons (Fsp3) is 0. The Kier molecular flexibility index (Phi) is 2.88. The predicted octanol–water partition coefficient (Wildman–Crippen LogP) is 2.02. The van der Waals surface area contributed by atoms with Crippen molar-refractivity contribution in [2.45, 2.75) is 0 Å². The molecule has 1 aromatic heterocycles. The van der Waals surface area contributed by atoms with Crippen LogP contribution in [0.2, 0.25) is 0 Å². The molecule has 0 unspecified atom stereocenters. The van der Waals surface area contributed by atoms with Crippen LogP contribution >= 0.6 is 15.9 Å². The van der Waals surface area contributed by atoms with E-state index in [0.29, 0.717) is 5.75 Å². The molecule has 0 saturated carbocycles. The van der Waals surface area contributed by atoms with Gasteiger partial charge in [0.15, 0.2) is 0 Å². The maximum Gasteiger partial charge on any atom is 0.213 e. The average molecular weight is 300 g/mol. The summed E-state index contributed by atoms with van der Waals surface area (Å²) in [7, 11) is 0.840. The Balaban J connectivity index is 1.92. The van der Waals surface area contributed by atoms with Gasteiger partial charge in [-0.3, -0.25) is 0 Å². The third-order valence-electron chi connectivity index (χ3n) is 2.97. The van der Waals surface area contributed by atoms with Gasteiger partial charge in [-0.2, -0.15) is 0 Å². The lowest BCUT2D eigenvalue weighted by Crippen LogP contribution is -2.27. The zero-order valence-electron chi connectivity index (χ0n) is 9.65. The standard InChI is InChI=1S/C14H11BBrNO/c16-11-4-1-9-7-14(17-13(9)8-11)15-10-2-5-12(18)6-3-10/h1-8,15,17-18H. The number of rotatable bonds is 2. The first-order valence-corrected chi connectivity index (χ1v) is 6.55. The molecular formula is C14H11BBrNO. The van der Waals surface area contributed by atoms with E-state index in [0.717, 1.165) is 17.3 Å². The molecule has 2 aromatic carbocycles. The van der Waals surface area contributed by atoms with E-state index < -0.39 is 0 Å². The van der Waals surface area contributed by atoms with Gasteiger partial charge in [-0.15, -0.1) is 0 Å². The van der Waals surface area contributed by atoms with Gasteiger partial charge in [0.2, 0.25) is 7.28 Å². The maximum atomic E-state index is 9.25. The molecule has 2 N–H and O–H groups in total. The van der Waals surface area contributed by atoms with Crippen LogP contribution in [0.3, 0.4) is 0 Å². The van der Waals surface area contributed by atoms with Gasteiger partial charge in [-0.05, 0) is 41.3 Å². The number of phenolic OH excluding ortho intramolecular Hbond substituents is 1. The molecule has 3 rings (SSSR count). The number of nitrogens with one attached hydrogen (secondary N) is 1. The minimum Gasteiger partial charge on any atom is -0.508 e. The molecule has 0 aliphatic carbocycles. The van der Waals surface area contributed by atoms with Crippen LogP contribution in [0.4, 0.5) is 0 Å². The molecule has 0 radical (unpaired) electrons. The van der Waals surface area contributed by atoms with Crippen LogP contribution in [0.1, 0.15) is 0 Å². The molecule has 2 nitrogen and oxygen atoms in total. The smallest absolute Gasteiger partial charge is 0.213 e. The van der Waals surface area contributed by atoms with Gasteiger partial charge in [-0.1, -0.05) is 39.6 Å². The van der Waals surface area contributed by atoms with Crippen molar-refractivity contribution >= 4 is 45.2 Å². The SMILES string of the molecule is Oc1ccc(Bc2cc3ccc(Br)cc3[nH]2)cc1. The summed E-state index contributed by atoms with van der Waals surface area (Å²) in [6.07, 6.45) is 0. The molecule has 0 bridgehead atoms. The summed E-state index contributed by atoms with van der Waals surface area (Å²) in [5.74, 6) is 0.305. The summed E-state index contributed by atoms with van der Waals surface area (Å²) in [5.41, 5.74) is 3.49. The maximum absolute atomic E-state index is 9.25. The Bertz CT molecular complexity index is 691. The Morgan fingerprint density at radius 3 is 2.56 bits per heavy atom.